The molecule has 9 N–H and O–H groups in total. The quantitative estimate of drug-likeness (QED) is 0.0225. The Kier molecular flexibility index (Phi) is 31.0. The Morgan fingerprint density at radius 3 is 1.88 bits per heavy atom. The third kappa shape index (κ3) is 24.0. The van der Waals surface area contributed by atoms with E-state index in [2.05, 4.69) is 6.92 Å². The van der Waals surface area contributed by atoms with Gasteiger partial charge in [0.05, 0.1) is 37.1 Å². The van der Waals surface area contributed by atoms with Crippen molar-refractivity contribution in [3.63, 3.8) is 0 Å². The van der Waals surface area contributed by atoms with Gasteiger partial charge >= 0.3 is 19.8 Å². The first-order chi connectivity index (χ1) is 30.6. The summed E-state index contributed by atoms with van der Waals surface area (Å²) in [4.78, 5) is 36.5. The Morgan fingerprint density at radius 1 is 0.719 bits per heavy atom. The zero-order chi connectivity index (χ0) is 47.3. The molecule has 0 amide bonds. The average Bonchev–Trinajstić information content (AvgIpc) is 3.26. The molecule has 2 bridgehead atoms. The Bertz CT molecular complexity index is 1310. The van der Waals surface area contributed by atoms with Crippen LogP contribution in [0.4, 0.5) is 0 Å². The fraction of sp³-hybridized carbons (Fsp3) is 0.915. The van der Waals surface area contributed by atoms with Crippen LogP contribution in [0.2, 0.25) is 0 Å². The number of carbonyl (C=O) groups excluding carboxylic acids is 2. The Labute approximate surface area is 382 Å². The van der Waals surface area contributed by atoms with E-state index < -0.39 is 112 Å². The zero-order valence-electron chi connectivity index (χ0n) is 38.9. The number of esters is 2. The van der Waals surface area contributed by atoms with Gasteiger partial charge in [-0.25, -0.2) is 4.57 Å². The predicted octanol–water partition coefficient (Wildman–Crippen LogP) is 6.22. The minimum Gasteiger partial charge on any atom is -0.462 e. The number of unbranched alkanes of at least 4 members (excludes halogenated alkanes) is 16. The lowest BCUT2D eigenvalue weighted by Crippen LogP contribution is -2.55. The van der Waals surface area contributed by atoms with Gasteiger partial charge in [-0.2, -0.15) is 0 Å². The van der Waals surface area contributed by atoms with Gasteiger partial charge in [0, 0.05) is 31.1 Å². The van der Waals surface area contributed by atoms with Gasteiger partial charge < -0.3 is 55.2 Å². The number of hydrogen-bond acceptors (Lipinski definition) is 15. The summed E-state index contributed by atoms with van der Waals surface area (Å²) in [6, 6.07) is 0. The van der Waals surface area contributed by atoms with Crippen LogP contribution in [0.25, 0.3) is 0 Å². The van der Waals surface area contributed by atoms with Gasteiger partial charge in [0.2, 0.25) is 0 Å². The zero-order valence-corrected chi connectivity index (χ0v) is 39.8. The minimum atomic E-state index is -5.42. The number of phosphoric ester groups is 1. The summed E-state index contributed by atoms with van der Waals surface area (Å²) in [6.45, 7) is 2.88. The summed E-state index contributed by atoms with van der Waals surface area (Å²) in [5.41, 5.74) is 0. The van der Waals surface area contributed by atoms with Crippen molar-refractivity contribution >= 4 is 19.8 Å². The summed E-state index contributed by atoms with van der Waals surface area (Å²) in [5.74, 6) is -3.85. The van der Waals surface area contributed by atoms with Crippen LogP contribution in [0, 0.1) is 11.8 Å². The normalized spacial score (nSPS) is 32.4. The van der Waals surface area contributed by atoms with Crippen molar-refractivity contribution in [1.82, 2.24) is 0 Å². The molecule has 2 rings (SSSR count). The van der Waals surface area contributed by atoms with Crippen molar-refractivity contribution in [2.24, 2.45) is 11.8 Å². The highest BCUT2D eigenvalue weighted by atomic mass is 31.2. The molecule has 1 unspecified atom stereocenters. The van der Waals surface area contributed by atoms with Crippen LogP contribution in [0.3, 0.4) is 0 Å². The van der Waals surface area contributed by atoms with Crippen LogP contribution >= 0.6 is 7.82 Å². The molecule has 0 aromatic rings. The van der Waals surface area contributed by atoms with Crippen molar-refractivity contribution < 1.29 is 78.4 Å². The molecule has 13 atom stereocenters. The van der Waals surface area contributed by atoms with Gasteiger partial charge in [0.15, 0.2) is 6.10 Å². The number of aliphatic hydroxyl groups is 8. The van der Waals surface area contributed by atoms with Crippen LogP contribution in [-0.2, 0) is 32.7 Å². The fourth-order valence-electron chi connectivity index (χ4n) is 8.62. The second kappa shape index (κ2) is 33.9. The molecule has 0 aromatic heterocycles. The maximum atomic E-state index is 13.5. The van der Waals surface area contributed by atoms with Crippen molar-refractivity contribution in [1.29, 1.82) is 0 Å². The second-order valence-corrected chi connectivity index (χ2v) is 19.7. The molecule has 0 spiro atoms. The fourth-order valence-corrected chi connectivity index (χ4v) is 9.59. The molecule has 16 nitrogen and oxygen atoms in total. The van der Waals surface area contributed by atoms with Crippen molar-refractivity contribution in [3.8, 4) is 0 Å². The van der Waals surface area contributed by atoms with E-state index in [0.717, 1.165) is 38.5 Å². The standard InChI is InChI=1S/C47H87O16P/c1-3-5-7-8-9-10-11-12-13-14-15-16-17-18-23-27-40(51)60-32-35-33-61-64(58,59)63-47-45(56)43(54)37(30-29-34(48)25-21-6-4-2)39(50)31-38(49)36(42(53)44(55)46(47)57)26-22-19-20-24-28-41(52)62-35/h29-30,34-39,42-50,53-57H,3-28,31-33H2,1-2H3,(H,58,59)/b30-29-/t34-,35+,36-,37-,38-,39+,42+,43+,44-,45+,46+,47+/m0/s1. The van der Waals surface area contributed by atoms with E-state index in [9.17, 15) is 59.9 Å². The number of hydrogen-bond donors (Lipinski definition) is 9. The molecule has 1 aliphatic heterocycles. The third-order valence-corrected chi connectivity index (χ3v) is 13.7. The number of aliphatic hydroxyl groups excluding tert-OH is 8. The van der Waals surface area contributed by atoms with Crippen LogP contribution in [0.1, 0.15) is 187 Å². The van der Waals surface area contributed by atoms with Crippen LogP contribution < -0.4 is 0 Å². The first-order valence-corrected chi connectivity index (χ1v) is 26.2. The summed E-state index contributed by atoms with van der Waals surface area (Å²) >= 11 is 0. The van der Waals surface area contributed by atoms with E-state index in [1.54, 1.807) is 0 Å². The summed E-state index contributed by atoms with van der Waals surface area (Å²) in [7, 11) is -5.42. The molecular weight excluding hydrogens is 851 g/mol. The smallest absolute Gasteiger partial charge is 0.462 e. The Morgan fingerprint density at radius 2 is 1.27 bits per heavy atom. The topological polar surface area (TPSA) is 270 Å². The van der Waals surface area contributed by atoms with Crippen molar-refractivity contribution in [2.75, 3.05) is 13.2 Å². The highest BCUT2D eigenvalue weighted by molar-refractivity contribution is 7.47. The van der Waals surface area contributed by atoms with E-state index in [0.29, 0.717) is 44.9 Å². The van der Waals surface area contributed by atoms with Gasteiger partial charge in [-0.3, -0.25) is 18.6 Å². The lowest BCUT2D eigenvalue weighted by molar-refractivity contribution is -0.167. The Balaban J connectivity index is 2.12. The summed E-state index contributed by atoms with van der Waals surface area (Å²) in [6.07, 6.45) is 5.78. The molecule has 376 valence electrons. The van der Waals surface area contributed by atoms with Crippen LogP contribution in [0.5, 0.6) is 0 Å². The van der Waals surface area contributed by atoms with Crippen molar-refractivity contribution in [2.45, 2.75) is 248 Å². The molecular formula is C47H87O16P. The molecule has 1 aliphatic carbocycles. The third-order valence-electron chi connectivity index (χ3n) is 12.7. The van der Waals surface area contributed by atoms with E-state index in [4.69, 9.17) is 18.5 Å². The maximum absolute atomic E-state index is 13.5. The number of fused-ring (bicyclic) bond motifs is 4. The molecule has 2 fully saturated rings. The molecule has 64 heavy (non-hydrogen) atoms. The van der Waals surface area contributed by atoms with E-state index in [1.165, 1.54) is 76.4 Å². The first kappa shape index (κ1) is 58.6. The summed E-state index contributed by atoms with van der Waals surface area (Å²) < 4.78 is 34.7. The number of ether oxygens (including phenoxy) is 2. The number of carbonyl (C=O) groups is 2. The lowest BCUT2D eigenvalue weighted by Gasteiger charge is -2.37. The SMILES string of the molecule is CCCCCCCCCCCCCCCCCC(=O)OC[C@@H]1COP(=O)(O)O[C@H]2[C@H](O)[C@@H](O)[C@H](O)[C@@H](CCCCCCC(=O)O1)[C@@H](O)C[C@@H](O)[C@H](/C=C\[C@@H](O)CCCCC)[C@@H](O)[C@H]2O. The lowest BCUT2D eigenvalue weighted by atomic mass is 9.82. The van der Waals surface area contributed by atoms with Gasteiger partial charge in [0.1, 0.15) is 31.0 Å². The largest absolute Gasteiger partial charge is 0.472 e. The maximum Gasteiger partial charge on any atom is 0.472 e. The van der Waals surface area contributed by atoms with Gasteiger partial charge in [-0.05, 0) is 25.7 Å². The Hall–Kier alpha value is -1.53. The molecule has 1 saturated carbocycles. The minimum absolute atomic E-state index is 0.0446. The van der Waals surface area contributed by atoms with Crippen LogP contribution in [0.15, 0.2) is 12.2 Å². The number of cyclic esters (lactones) is 1. The van der Waals surface area contributed by atoms with Gasteiger partial charge in [-0.15, -0.1) is 0 Å². The van der Waals surface area contributed by atoms with E-state index >= 15 is 0 Å². The highest BCUT2D eigenvalue weighted by Crippen LogP contribution is 2.47. The second-order valence-electron chi connectivity index (χ2n) is 18.3. The van der Waals surface area contributed by atoms with E-state index in [1.807, 2.05) is 6.92 Å². The van der Waals surface area contributed by atoms with Gasteiger partial charge in [0.25, 0.3) is 0 Å². The molecule has 17 heteroatoms. The van der Waals surface area contributed by atoms with Crippen LogP contribution in [-0.4, -0.2) is 132 Å². The van der Waals surface area contributed by atoms with Crippen molar-refractivity contribution in [3.05, 3.63) is 12.2 Å². The molecule has 0 aromatic carbocycles. The number of rotatable bonds is 24. The highest BCUT2D eigenvalue weighted by Gasteiger charge is 2.49. The average molecular weight is 939 g/mol. The van der Waals surface area contributed by atoms with Gasteiger partial charge in [-0.1, -0.05) is 154 Å². The molecule has 1 saturated heterocycles. The number of phosphoric acid groups is 1. The predicted molar refractivity (Wildman–Crippen MR) is 242 cm³/mol. The summed E-state index contributed by atoms with van der Waals surface area (Å²) in [5, 5.41) is 90.1. The molecule has 1 heterocycles. The molecule has 2 aliphatic rings. The molecule has 0 radical (unpaired) electrons. The monoisotopic (exact) mass is 939 g/mol. The van der Waals surface area contributed by atoms with E-state index in [-0.39, 0.29) is 19.3 Å². The first-order valence-electron chi connectivity index (χ1n) is 24.7.